The maximum atomic E-state index is 12.8. The first-order chi connectivity index (χ1) is 16.2. The molecule has 0 fully saturated rings. The summed E-state index contributed by atoms with van der Waals surface area (Å²) in [4.78, 5) is 29.9. The fourth-order valence-corrected chi connectivity index (χ4v) is 5.38. The molecule has 172 valence electrons. The van der Waals surface area contributed by atoms with Crippen molar-refractivity contribution in [2.75, 3.05) is 11.9 Å². The Hall–Kier alpha value is -3.71. The number of carbonyl (C=O) groups is 2. The zero-order valence-corrected chi connectivity index (χ0v) is 19.9. The van der Waals surface area contributed by atoms with Crippen molar-refractivity contribution in [3.63, 3.8) is 0 Å². The molecule has 0 unspecified atom stereocenters. The zero-order valence-electron chi connectivity index (χ0n) is 19.1. The molecule has 34 heavy (non-hydrogen) atoms. The van der Waals surface area contributed by atoms with Crippen LogP contribution in [-0.4, -0.2) is 28.8 Å². The Morgan fingerprint density at radius 2 is 1.62 bits per heavy atom. The normalized spacial score (nSPS) is 12.9. The lowest BCUT2D eigenvalue weighted by atomic mass is 9.91. The average Bonchev–Trinajstić information content (AvgIpc) is 3.33. The Bertz CT molecular complexity index is 1390. The van der Waals surface area contributed by atoms with Gasteiger partial charge in [-0.2, -0.15) is 0 Å². The Balaban J connectivity index is 1.40. The van der Waals surface area contributed by atoms with Gasteiger partial charge in [0.15, 0.2) is 0 Å². The molecule has 2 aromatic carbocycles. The number of thiophene rings is 1. The van der Waals surface area contributed by atoms with E-state index in [1.165, 1.54) is 0 Å². The molecule has 0 bridgehead atoms. The third kappa shape index (κ3) is 3.82. The van der Waals surface area contributed by atoms with Gasteiger partial charge in [-0.3, -0.25) is 5.32 Å². The summed E-state index contributed by atoms with van der Waals surface area (Å²) in [5.74, 6) is -1.19. The molecular weight excluding hydrogens is 448 g/mol. The van der Waals surface area contributed by atoms with Crippen molar-refractivity contribution < 1.29 is 19.4 Å². The molecule has 0 atom stereocenters. The molecule has 0 aliphatic heterocycles. The Morgan fingerprint density at radius 1 is 1.00 bits per heavy atom. The van der Waals surface area contributed by atoms with Crippen molar-refractivity contribution in [3.8, 4) is 11.1 Å². The largest absolute Gasteiger partial charge is 0.477 e. The number of hydrogen-bond acceptors (Lipinski definition) is 5. The van der Waals surface area contributed by atoms with Crippen LogP contribution in [0.4, 0.5) is 10.5 Å². The minimum Gasteiger partial charge on any atom is -0.477 e. The Labute approximate surface area is 201 Å². The van der Waals surface area contributed by atoms with Gasteiger partial charge in [0.05, 0.1) is 5.69 Å². The molecule has 0 spiro atoms. The summed E-state index contributed by atoms with van der Waals surface area (Å²) < 4.78 is 5.62. The standard InChI is InChI=1S/C27H24N2O4S/c1-27(2,3)21-13-12-19-22(23(25(30)31)34-24(19)28-21)29-26(32)33-14-20-17-10-6-4-8-15(17)16-9-5-7-11-18(16)20/h4-13,20H,14H2,1-3H3,(H,29,32)(H,30,31). The Morgan fingerprint density at radius 3 is 2.21 bits per heavy atom. The first-order valence-electron chi connectivity index (χ1n) is 11.0. The van der Waals surface area contributed by atoms with E-state index in [9.17, 15) is 14.7 Å². The first kappa shape index (κ1) is 22.1. The van der Waals surface area contributed by atoms with E-state index in [-0.39, 0.29) is 28.5 Å². The van der Waals surface area contributed by atoms with Gasteiger partial charge in [-0.25, -0.2) is 14.6 Å². The van der Waals surface area contributed by atoms with Crippen molar-refractivity contribution in [2.45, 2.75) is 32.1 Å². The monoisotopic (exact) mass is 472 g/mol. The highest BCUT2D eigenvalue weighted by Crippen LogP contribution is 2.44. The molecule has 1 aliphatic carbocycles. The molecule has 5 rings (SSSR count). The lowest BCUT2D eigenvalue weighted by molar-refractivity contribution is 0.0703. The summed E-state index contributed by atoms with van der Waals surface area (Å²) in [5, 5.41) is 13.0. The van der Waals surface area contributed by atoms with Crippen LogP contribution in [0.25, 0.3) is 21.3 Å². The quantitative estimate of drug-likeness (QED) is 0.347. The van der Waals surface area contributed by atoms with E-state index < -0.39 is 12.1 Å². The first-order valence-corrected chi connectivity index (χ1v) is 11.8. The molecule has 0 saturated heterocycles. The second kappa shape index (κ2) is 8.25. The summed E-state index contributed by atoms with van der Waals surface area (Å²) in [5.41, 5.74) is 5.41. The highest BCUT2D eigenvalue weighted by molar-refractivity contribution is 7.21. The molecule has 4 aromatic rings. The number of aromatic nitrogens is 1. The van der Waals surface area contributed by atoms with E-state index in [0.29, 0.717) is 10.2 Å². The fourth-order valence-electron chi connectivity index (χ4n) is 4.41. The highest BCUT2D eigenvalue weighted by Gasteiger charge is 2.29. The number of anilines is 1. The van der Waals surface area contributed by atoms with E-state index in [2.05, 4.69) is 34.6 Å². The topological polar surface area (TPSA) is 88.5 Å². The van der Waals surface area contributed by atoms with E-state index >= 15 is 0 Å². The van der Waals surface area contributed by atoms with Gasteiger partial charge < -0.3 is 9.84 Å². The number of pyridine rings is 1. The lowest BCUT2D eigenvalue weighted by Crippen LogP contribution is -2.19. The fraction of sp³-hybridized carbons (Fsp3) is 0.222. The molecule has 7 heteroatoms. The summed E-state index contributed by atoms with van der Waals surface area (Å²) in [7, 11) is 0. The zero-order chi connectivity index (χ0) is 24.0. The van der Waals surface area contributed by atoms with Crippen molar-refractivity contribution in [1.29, 1.82) is 0 Å². The van der Waals surface area contributed by atoms with Gasteiger partial charge in [-0.15, -0.1) is 11.3 Å². The van der Waals surface area contributed by atoms with Gasteiger partial charge in [0.1, 0.15) is 16.3 Å². The number of carboxylic acids is 1. The number of carbonyl (C=O) groups excluding carboxylic acids is 1. The van der Waals surface area contributed by atoms with Gasteiger partial charge in [0, 0.05) is 22.4 Å². The minimum atomic E-state index is -1.12. The van der Waals surface area contributed by atoms with Crippen molar-refractivity contribution >= 4 is 39.3 Å². The third-order valence-electron chi connectivity index (χ3n) is 6.09. The van der Waals surface area contributed by atoms with Crippen LogP contribution in [0, 0.1) is 0 Å². The van der Waals surface area contributed by atoms with E-state index in [4.69, 9.17) is 4.74 Å². The molecule has 0 radical (unpaired) electrons. The number of hydrogen-bond donors (Lipinski definition) is 2. The predicted molar refractivity (Wildman–Crippen MR) is 134 cm³/mol. The van der Waals surface area contributed by atoms with Crippen molar-refractivity contribution in [1.82, 2.24) is 4.98 Å². The third-order valence-corrected chi connectivity index (χ3v) is 7.18. The SMILES string of the molecule is CC(C)(C)c1ccc2c(NC(=O)OCC3c4ccccc4-c4ccccc43)c(C(=O)O)sc2n1. The number of nitrogens with one attached hydrogen (secondary N) is 1. The predicted octanol–water partition coefficient (Wildman–Crippen LogP) is 6.65. The van der Waals surface area contributed by atoms with Crippen molar-refractivity contribution in [3.05, 3.63) is 82.4 Å². The van der Waals surface area contributed by atoms with Gasteiger partial charge in [0.2, 0.25) is 0 Å². The highest BCUT2D eigenvalue weighted by atomic mass is 32.1. The Kier molecular flexibility index (Phi) is 5.37. The van der Waals surface area contributed by atoms with Gasteiger partial charge in [-0.05, 0) is 34.4 Å². The number of rotatable bonds is 4. The number of carboxylic acid groups (broad SMARTS) is 1. The van der Waals surface area contributed by atoms with E-state index in [1.54, 1.807) is 0 Å². The number of nitrogens with zero attached hydrogens (tertiary/aromatic N) is 1. The van der Waals surface area contributed by atoms with Crippen LogP contribution in [-0.2, 0) is 10.2 Å². The summed E-state index contributed by atoms with van der Waals surface area (Å²) in [6.45, 7) is 6.28. The number of fused-ring (bicyclic) bond motifs is 4. The number of amides is 1. The summed E-state index contributed by atoms with van der Waals surface area (Å²) in [6.07, 6.45) is -0.691. The van der Waals surface area contributed by atoms with Gasteiger partial charge >= 0.3 is 12.1 Å². The number of ether oxygens (including phenoxy) is 1. The second-order valence-electron chi connectivity index (χ2n) is 9.36. The van der Waals surface area contributed by atoms with Crippen LogP contribution in [0.3, 0.4) is 0 Å². The molecule has 1 amide bonds. The lowest BCUT2D eigenvalue weighted by Gasteiger charge is -2.17. The second-order valence-corrected chi connectivity index (χ2v) is 10.4. The minimum absolute atomic E-state index is 0.0297. The average molecular weight is 473 g/mol. The molecule has 2 heterocycles. The van der Waals surface area contributed by atoms with E-state index in [0.717, 1.165) is 39.3 Å². The van der Waals surface area contributed by atoms with Crippen LogP contribution in [0.2, 0.25) is 0 Å². The maximum absolute atomic E-state index is 12.8. The number of aromatic carboxylic acids is 1. The van der Waals surface area contributed by atoms with Gasteiger partial charge in [-0.1, -0.05) is 69.3 Å². The molecule has 6 nitrogen and oxygen atoms in total. The summed E-state index contributed by atoms with van der Waals surface area (Å²) in [6, 6.07) is 19.9. The molecule has 0 saturated carbocycles. The van der Waals surface area contributed by atoms with Crippen LogP contribution in [0.5, 0.6) is 0 Å². The molecule has 2 aromatic heterocycles. The van der Waals surface area contributed by atoms with Crippen LogP contribution in [0.15, 0.2) is 60.7 Å². The maximum Gasteiger partial charge on any atom is 0.411 e. The van der Waals surface area contributed by atoms with Crippen LogP contribution >= 0.6 is 11.3 Å². The summed E-state index contributed by atoms with van der Waals surface area (Å²) >= 11 is 1.05. The molecular formula is C27H24N2O4S. The van der Waals surface area contributed by atoms with Gasteiger partial charge in [0.25, 0.3) is 0 Å². The molecule has 1 aliphatic rings. The van der Waals surface area contributed by atoms with Crippen molar-refractivity contribution in [2.24, 2.45) is 0 Å². The molecule has 2 N–H and O–H groups in total. The van der Waals surface area contributed by atoms with E-state index in [1.807, 2.05) is 57.2 Å². The van der Waals surface area contributed by atoms with Crippen LogP contribution < -0.4 is 5.32 Å². The van der Waals surface area contributed by atoms with Crippen LogP contribution in [0.1, 0.15) is 53.2 Å². The smallest absolute Gasteiger partial charge is 0.411 e. The number of benzene rings is 2.